The molecule has 4 nitrogen and oxygen atoms in total. The summed E-state index contributed by atoms with van der Waals surface area (Å²) in [5.41, 5.74) is 6.51. The zero-order valence-electron chi connectivity index (χ0n) is 13.8. The van der Waals surface area contributed by atoms with E-state index in [-0.39, 0.29) is 12.5 Å². The molecule has 1 N–H and O–H groups in total. The topological polar surface area (TPSA) is 50.7 Å². The third kappa shape index (κ3) is 4.95. The Balaban J connectivity index is 1.94. The quantitative estimate of drug-likeness (QED) is 0.654. The Morgan fingerprint density at radius 3 is 2.57 bits per heavy atom. The van der Waals surface area contributed by atoms with Crippen LogP contribution in [-0.2, 0) is 4.79 Å². The number of amides is 1. The molecule has 0 radical (unpaired) electrons. The van der Waals surface area contributed by atoms with E-state index in [1.165, 1.54) is 0 Å². The van der Waals surface area contributed by atoms with Crippen LogP contribution in [0.1, 0.15) is 30.0 Å². The molecule has 2 aromatic rings. The number of benzene rings is 2. The maximum Gasteiger partial charge on any atom is 0.277 e. The molecule has 0 fully saturated rings. The Kier molecular flexibility index (Phi) is 5.92. The van der Waals surface area contributed by atoms with Crippen LogP contribution in [0.25, 0.3) is 0 Å². The van der Waals surface area contributed by atoms with Gasteiger partial charge in [-0.25, -0.2) is 5.43 Å². The minimum Gasteiger partial charge on any atom is -0.483 e. The summed E-state index contributed by atoms with van der Waals surface area (Å²) in [5.74, 6) is 0.454. The third-order valence-corrected chi connectivity index (χ3v) is 3.46. The molecule has 2 aromatic carbocycles. The van der Waals surface area contributed by atoms with Gasteiger partial charge in [-0.3, -0.25) is 4.79 Å². The average Bonchev–Trinajstić information content (AvgIpc) is 2.57. The third-order valence-electron chi connectivity index (χ3n) is 3.46. The van der Waals surface area contributed by atoms with Crippen molar-refractivity contribution in [2.24, 2.45) is 5.10 Å². The van der Waals surface area contributed by atoms with Crippen LogP contribution in [0.4, 0.5) is 0 Å². The lowest BCUT2D eigenvalue weighted by Gasteiger charge is -2.09. The first-order valence-electron chi connectivity index (χ1n) is 7.71. The van der Waals surface area contributed by atoms with Crippen molar-refractivity contribution in [1.29, 1.82) is 0 Å². The summed E-state index contributed by atoms with van der Waals surface area (Å²) in [6.07, 6.45) is 0.738. The molecule has 0 aromatic heterocycles. The minimum atomic E-state index is -0.271. The lowest BCUT2D eigenvalue weighted by atomic mass is 10.1. The Morgan fingerprint density at radius 2 is 1.87 bits per heavy atom. The fourth-order valence-electron chi connectivity index (χ4n) is 2.15. The van der Waals surface area contributed by atoms with E-state index in [2.05, 4.69) is 10.5 Å². The van der Waals surface area contributed by atoms with Gasteiger partial charge in [-0.2, -0.15) is 5.10 Å². The molecule has 0 heterocycles. The molecular formula is C19H22N2O2. The highest BCUT2D eigenvalue weighted by atomic mass is 16.5. The van der Waals surface area contributed by atoms with Crippen LogP contribution in [-0.4, -0.2) is 18.2 Å². The fraction of sp³-hybridized carbons (Fsp3) is 0.263. The van der Waals surface area contributed by atoms with Gasteiger partial charge in [0.2, 0.25) is 0 Å². The lowest BCUT2D eigenvalue weighted by Crippen LogP contribution is -2.26. The molecule has 0 saturated carbocycles. The number of nitrogens with one attached hydrogen (secondary N) is 1. The highest BCUT2D eigenvalue weighted by Gasteiger charge is 2.06. The van der Waals surface area contributed by atoms with Crippen molar-refractivity contribution < 1.29 is 9.53 Å². The zero-order chi connectivity index (χ0) is 16.7. The number of hydrazone groups is 1. The van der Waals surface area contributed by atoms with Crippen LogP contribution in [0.3, 0.4) is 0 Å². The Labute approximate surface area is 137 Å². The number of rotatable bonds is 6. The van der Waals surface area contributed by atoms with Crippen molar-refractivity contribution in [2.75, 3.05) is 6.61 Å². The zero-order valence-corrected chi connectivity index (χ0v) is 13.8. The molecule has 2 rings (SSSR count). The van der Waals surface area contributed by atoms with Gasteiger partial charge in [0.05, 0.1) is 5.71 Å². The highest BCUT2D eigenvalue weighted by Crippen LogP contribution is 2.18. The van der Waals surface area contributed by atoms with Crippen LogP contribution >= 0.6 is 0 Å². The van der Waals surface area contributed by atoms with Crippen molar-refractivity contribution in [3.05, 3.63) is 65.2 Å². The molecule has 0 aliphatic heterocycles. The number of carbonyl (C=O) groups is 1. The molecule has 1 amide bonds. The number of hydrogen-bond acceptors (Lipinski definition) is 3. The van der Waals surface area contributed by atoms with E-state index in [1.54, 1.807) is 0 Å². The molecule has 0 atom stereocenters. The molecule has 4 heteroatoms. The van der Waals surface area contributed by atoms with Gasteiger partial charge in [0.25, 0.3) is 5.91 Å². The summed E-state index contributed by atoms with van der Waals surface area (Å²) in [6.45, 7) is 5.89. The summed E-state index contributed by atoms with van der Waals surface area (Å²) in [6, 6.07) is 15.7. The molecule has 0 aliphatic rings. The van der Waals surface area contributed by atoms with Crippen molar-refractivity contribution in [2.45, 2.75) is 27.2 Å². The first kappa shape index (κ1) is 16.7. The van der Waals surface area contributed by atoms with Gasteiger partial charge in [-0.1, -0.05) is 49.4 Å². The van der Waals surface area contributed by atoms with E-state index >= 15 is 0 Å². The fourth-order valence-corrected chi connectivity index (χ4v) is 2.15. The standard InChI is InChI=1S/C19H22N2O2/c1-4-17(16-8-6-5-7-9-16)20-21-19(22)13-23-18-12-14(2)10-11-15(18)3/h5-12H,4,13H2,1-3H3,(H,21,22). The Hall–Kier alpha value is -2.62. The van der Waals surface area contributed by atoms with Gasteiger partial charge >= 0.3 is 0 Å². The summed E-state index contributed by atoms with van der Waals surface area (Å²) in [7, 11) is 0. The highest BCUT2D eigenvalue weighted by molar-refractivity contribution is 6.00. The van der Waals surface area contributed by atoms with E-state index in [0.717, 1.165) is 34.6 Å². The van der Waals surface area contributed by atoms with Crippen LogP contribution in [0, 0.1) is 13.8 Å². The van der Waals surface area contributed by atoms with Gasteiger partial charge in [0, 0.05) is 0 Å². The Bertz CT molecular complexity index is 694. The minimum absolute atomic E-state index is 0.0560. The summed E-state index contributed by atoms with van der Waals surface area (Å²) >= 11 is 0. The smallest absolute Gasteiger partial charge is 0.277 e. The van der Waals surface area contributed by atoms with Gasteiger partial charge in [-0.15, -0.1) is 0 Å². The predicted octanol–water partition coefficient (Wildman–Crippen LogP) is 3.61. The normalized spacial score (nSPS) is 11.2. The SMILES string of the molecule is CCC(=NNC(=O)COc1cc(C)ccc1C)c1ccccc1. The lowest BCUT2D eigenvalue weighted by molar-refractivity contribution is -0.123. The summed E-state index contributed by atoms with van der Waals surface area (Å²) in [4.78, 5) is 11.9. The molecule has 0 spiro atoms. The number of nitrogens with zero attached hydrogens (tertiary/aromatic N) is 1. The summed E-state index contributed by atoms with van der Waals surface area (Å²) in [5, 5.41) is 4.20. The summed E-state index contributed by atoms with van der Waals surface area (Å²) < 4.78 is 5.57. The van der Waals surface area contributed by atoms with Crippen molar-refractivity contribution >= 4 is 11.6 Å². The molecule has 0 bridgehead atoms. The molecular weight excluding hydrogens is 288 g/mol. The largest absolute Gasteiger partial charge is 0.483 e. The van der Waals surface area contributed by atoms with Crippen LogP contribution in [0.5, 0.6) is 5.75 Å². The van der Waals surface area contributed by atoms with Gasteiger partial charge in [0.15, 0.2) is 6.61 Å². The van der Waals surface area contributed by atoms with E-state index < -0.39 is 0 Å². The monoisotopic (exact) mass is 310 g/mol. The van der Waals surface area contributed by atoms with E-state index in [1.807, 2.05) is 69.3 Å². The van der Waals surface area contributed by atoms with Crippen LogP contribution < -0.4 is 10.2 Å². The van der Waals surface area contributed by atoms with Gasteiger partial charge in [-0.05, 0) is 43.0 Å². The maximum absolute atomic E-state index is 11.9. The van der Waals surface area contributed by atoms with Crippen LogP contribution in [0.15, 0.2) is 53.6 Å². The molecule has 0 aliphatic carbocycles. The van der Waals surface area contributed by atoms with Crippen molar-refractivity contribution in [3.8, 4) is 5.75 Å². The van der Waals surface area contributed by atoms with E-state index in [9.17, 15) is 4.79 Å². The first-order chi connectivity index (χ1) is 11.1. The Morgan fingerprint density at radius 1 is 1.13 bits per heavy atom. The average molecular weight is 310 g/mol. The van der Waals surface area contributed by atoms with Crippen molar-refractivity contribution in [3.63, 3.8) is 0 Å². The number of ether oxygens (including phenoxy) is 1. The molecule has 0 unspecified atom stereocenters. The van der Waals surface area contributed by atoms with E-state index in [4.69, 9.17) is 4.74 Å². The second kappa shape index (κ2) is 8.13. The van der Waals surface area contributed by atoms with Crippen LogP contribution in [0.2, 0.25) is 0 Å². The molecule has 0 saturated heterocycles. The molecule has 120 valence electrons. The van der Waals surface area contributed by atoms with Crippen molar-refractivity contribution in [1.82, 2.24) is 5.43 Å². The number of aryl methyl sites for hydroxylation is 2. The first-order valence-corrected chi connectivity index (χ1v) is 7.71. The second-order valence-electron chi connectivity index (χ2n) is 5.37. The maximum atomic E-state index is 11.9. The van der Waals surface area contributed by atoms with Gasteiger partial charge < -0.3 is 4.74 Å². The predicted molar refractivity (Wildman–Crippen MR) is 92.8 cm³/mol. The van der Waals surface area contributed by atoms with Gasteiger partial charge in [0.1, 0.15) is 5.75 Å². The number of hydrogen-bond donors (Lipinski definition) is 1. The number of carbonyl (C=O) groups excluding carboxylic acids is 1. The van der Waals surface area contributed by atoms with E-state index in [0.29, 0.717) is 0 Å². The second-order valence-corrected chi connectivity index (χ2v) is 5.37. The molecule has 23 heavy (non-hydrogen) atoms.